The van der Waals surface area contributed by atoms with Crippen molar-refractivity contribution >= 4 is 23.0 Å². The first-order valence-electron chi connectivity index (χ1n) is 8.37. The van der Waals surface area contributed by atoms with E-state index in [1.54, 1.807) is 29.8 Å². The first-order chi connectivity index (χ1) is 13.5. The standard InChI is InChI=1S/C20H14FN3O3S/c1-12-2-7-17-22-15(8-18(25)24(17)9-12)10-27-20(26)16-11-28-19(23-16)13-3-5-14(21)6-4-13/h2-9,11H,10H2,1H3. The summed E-state index contributed by atoms with van der Waals surface area (Å²) < 4.78 is 19.7. The van der Waals surface area contributed by atoms with E-state index in [1.807, 2.05) is 13.0 Å². The Morgan fingerprint density at radius 3 is 2.75 bits per heavy atom. The SMILES string of the molecule is Cc1ccc2nc(COC(=O)c3csc(-c4ccc(F)cc4)n3)cc(=O)n2c1. The van der Waals surface area contributed by atoms with Gasteiger partial charge in [0.25, 0.3) is 5.56 Å². The van der Waals surface area contributed by atoms with Crippen LogP contribution in [0.1, 0.15) is 21.7 Å². The highest BCUT2D eigenvalue weighted by Gasteiger charge is 2.14. The molecule has 0 aliphatic carbocycles. The van der Waals surface area contributed by atoms with Crippen LogP contribution in [0.25, 0.3) is 16.2 Å². The first kappa shape index (κ1) is 18.0. The number of nitrogens with zero attached hydrogens (tertiary/aromatic N) is 3. The van der Waals surface area contributed by atoms with Crippen LogP contribution < -0.4 is 5.56 Å². The van der Waals surface area contributed by atoms with Crippen LogP contribution in [0.2, 0.25) is 0 Å². The Morgan fingerprint density at radius 2 is 1.96 bits per heavy atom. The van der Waals surface area contributed by atoms with Gasteiger partial charge in [-0.15, -0.1) is 11.3 Å². The van der Waals surface area contributed by atoms with E-state index in [0.29, 0.717) is 21.9 Å². The molecule has 3 aromatic heterocycles. The van der Waals surface area contributed by atoms with E-state index in [0.717, 1.165) is 5.56 Å². The third kappa shape index (κ3) is 3.67. The van der Waals surface area contributed by atoms with Gasteiger partial charge in [-0.3, -0.25) is 9.20 Å². The topological polar surface area (TPSA) is 73.6 Å². The Labute approximate surface area is 162 Å². The number of pyridine rings is 1. The fourth-order valence-electron chi connectivity index (χ4n) is 2.64. The normalized spacial score (nSPS) is 10.9. The molecule has 0 fully saturated rings. The molecule has 0 atom stereocenters. The molecular weight excluding hydrogens is 381 g/mol. The number of benzene rings is 1. The molecule has 0 saturated heterocycles. The third-order valence-corrected chi connectivity index (χ3v) is 4.91. The van der Waals surface area contributed by atoms with Gasteiger partial charge in [0.1, 0.15) is 23.1 Å². The first-order valence-corrected chi connectivity index (χ1v) is 9.25. The molecule has 6 nitrogen and oxygen atoms in total. The van der Waals surface area contributed by atoms with Crippen LogP contribution in [0, 0.1) is 12.7 Å². The molecule has 140 valence electrons. The predicted molar refractivity (Wildman–Crippen MR) is 103 cm³/mol. The summed E-state index contributed by atoms with van der Waals surface area (Å²) in [6.45, 7) is 1.75. The molecule has 0 radical (unpaired) electrons. The summed E-state index contributed by atoms with van der Waals surface area (Å²) in [7, 11) is 0. The number of ether oxygens (including phenoxy) is 1. The molecule has 0 aliphatic heterocycles. The summed E-state index contributed by atoms with van der Waals surface area (Å²) in [5.74, 6) is -0.954. The highest BCUT2D eigenvalue weighted by Crippen LogP contribution is 2.24. The van der Waals surface area contributed by atoms with Crippen molar-refractivity contribution < 1.29 is 13.9 Å². The van der Waals surface area contributed by atoms with Gasteiger partial charge in [-0.05, 0) is 42.8 Å². The summed E-state index contributed by atoms with van der Waals surface area (Å²) >= 11 is 1.26. The lowest BCUT2D eigenvalue weighted by atomic mass is 10.2. The maximum absolute atomic E-state index is 13.0. The van der Waals surface area contributed by atoms with Crippen molar-refractivity contribution in [1.29, 1.82) is 0 Å². The number of esters is 1. The summed E-state index contributed by atoms with van der Waals surface area (Å²) in [4.78, 5) is 33.0. The second-order valence-corrected chi connectivity index (χ2v) is 7.00. The lowest BCUT2D eigenvalue weighted by Gasteiger charge is -2.05. The monoisotopic (exact) mass is 395 g/mol. The van der Waals surface area contributed by atoms with Gasteiger partial charge in [-0.1, -0.05) is 6.07 Å². The zero-order valence-corrected chi connectivity index (χ0v) is 15.6. The minimum Gasteiger partial charge on any atom is -0.454 e. The van der Waals surface area contributed by atoms with Gasteiger partial charge in [0, 0.05) is 23.2 Å². The summed E-state index contributed by atoms with van der Waals surface area (Å²) in [6.07, 6.45) is 1.70. The summed E-state index contributed by atoms with van der Waals surface area (Å²) in [5, 5.41) is 2.16. The zero-order valence-electron chi connectivity index (χ0n) is 14.8. The molecule has 0 bridgehead atoms. The van der Waals surface area contributed by atoms with E-state index >= 15 is 0 Å². The van der Waals surface area contributed by atoms with Crippen LogP contribution >= 0.6 is 11.3 Å². The van der Waals surface area contributed by atoms with E-state index < -0.39 is 5.97 Å². The predicted octanol–water partition coefficient (Wildman–Crippen LogP) is 3.62. The van der Waals surface area contributed by atoms with E-state index in [2.05, 4.69) is 9.97 Å². The van der Waals surface area contributed by atoms with Crippen molar-refractivity contribution in [3.63, 3.8) is 0 Å². The second-order valence-electron chi connectivity index (χ2n) is 6.14. The number of carbonyl (C=O) groups excluding carboxylic acids is 1. The highest BCUT2D eigenvalue weighted by atomic mass is 32.1. The maximum Gasteiger partial charge on any atom is 0.358 e. The molecule has 4 aromatic rings. The van der Waals surface area contributed by atoms with Crippen molar-refractivity contribution in [3.05, 3.63) is 87.2 Å². The quantitative estimate of drug-likeness (QED) is 0.494. The van der Waals surface area contributed by atoms with Gasteiger partial charge in [0.15, 0.2) is 5.69 Å². The molecule has 0 spiro atoms. The largest absolute Gasteiger partial charge is 0.454 e. The van der Waals surface area contributed by atoms with Crippen molar-refractivity contribution in [3.8, 4) is 10.6 Å². The Balaban J connectivity index is 1.49. The van der Waals surface area contributed by atoms with Gasteiger partial charge in [-0.25, -0.2) is 19.2 Å². The molecule has 4 rings (SSSR count). The second kappa shape index (κ2) is 7.32. The van der Waals surface area contributed by atoms with Crippen LogP contribution in [-0.4, -0.2) is 20.3 Å². The van der Waals surface area contributed by atoms with E-state index in [1.165, 1.54) is 33.9 Å². The fraction of sp³-hybridized carbons (Fsp3) is 0.100. The third-order valence-electron chi connectivity index (χ3n) is 4.02. The van der Waals surface area contributed by atoms with Crippen LogP contribution in [0.4, 0.5) is 4.39 Å². The summed E-state index contributed by atoms with van der Waals surface area (Å²) in [5.41, 5.74) is 2.40. The van der Waals surface area contributed by atoms with Gasteiger partial charge >= 0.3 is 5.97 Å². The Hall–Kier alpha value is -3.39. The average Bonchev–Trinajstić information content (AvgIpc) is 3.17. The number of hydrogen-bond acceptors (Lipinski definition) is 6. The molecule has 8 heteroatoms. The van der Waals surface area contributed by atoms with E-state index in [-0.39, 0.29) is 23.7 Å². The fourth-order valence-corrected chi connectivity index (χ4v) is 3.43. The number of thiazole rings is 1. The van der Waals surface area contributed by atoms with Crippen molar-refractivity contribution in [2.75, 3.05) is 0 Å². The Kier molecular flexibility index (Phi) is 4.70. The van der Waals surface area contributed by atoms with Crippen molar-refractivity contribution in [2.24, 2.45) is 0 Å². The molecule has 28 heavy (non-hydrogen) atoms. The number of hydrogen-bond donors (Lipinski definition) is 0. The number of halogens is 1. The average molecular weight is 395 g/mol. The van der Waals surface area contributed by atoms with Gasteiger partial charge < -0.3 is 4.74 Å². The van der Waals surface area contributed by atoms with Gasteiger partial charge in [0.2, 0.25) is 0 Å². The number of aromatic nitrogens is 3. The molecule has 0 unspecified atom stereocenters. The molecule has 0 amide bonds. The van der Waals surface area contributed by atoms with Crippen LogP contribution in [-0.2, 0) is 11.3 Å². The highest BCUT2D eigenvalue weighted by molar-refractivity contribution is 7.13. The molecule has 1 aromatic carbocycles. The smallest absolute Gasteiger partial charge is 0.358 e. The number of aryl methyl sites for hydroxylation is 1. The minimum atomic E-state index is -0.615. The van der Waals surface area contributed by atoms with Gasteiger partial charge in [-0.2, -0.15) is 0 Å². The minimum absolute atomic E-state index is 0.137. The number of carbonyl (C=O) groups is 1. The molecular formula is C20H14FN3O3S. The van der Waals surface area contributed by atoms with Crippen LogP contribution in [0.3, 0.4) is 0 Å². The molecule has 0 aliphatic rings. The molecule has 3 heterocycles. The van der Waals surface area contributed by atoms with Crippen LogP contribution in [0.15, 0.2) is 58.8 Å². The Morgan fingerprint density at radius 1 is 1.18 bits per heavy atom. The van der Waals surface area contributed by atoms with Crippen LogP contribution in [0.5, 0.6) is 0 Å². The zero-order chi connectivity index (χ0) is 19.7. The molecule has 0 saturated carbocycles. The van der Waals surface area contributed by atoms with Crippen molar-refractivity contribution in [1.82, 2.24) is 14.4 Å². The lowest BCUT2D eigenvalue weighted by molar-refractivity contribution is 0.0462. The maximum atomic E-state index is 13.0. The number of rotatable bonds is 4. The Bertz CT molecular complexity index is 1230. The number of fused-ring (bicyclic) bond motifs is 1. The lowest BCUT2D eigenvalue weighted by Crippen LogP contribution is -2.17. The molecule has 0 N–H and O–H groups in total. The summed E-state index contributed by atoms with van der Waals surface area (Å²) in [6, 6.07) is 10.8. The van der Waals surface area contributed by atoms with Gasteiger partial charge in [0.05, 0.1) is 5.69 Å². The van der Waals surface area contributed by atoms with E-state index in [4.69, 9.17) is 4.74 Å². The van der Waals surface area contributed by atoms with Crippen molar-refractivity contribution in [2.45, 2.75) is 13.5 Å². The van der Waals surface area contributed by atoms with E-state index in [9.17, 15) is 14.0 Å².